The molecule has 0 saturated carbocycles. The van der Waals surface area contributed by atoms with Crippen LogP contribution in [-0.2, 0) is 25.6 Å². The number of aromatic hydroxyl groups is 1. The summed E-state index contributed by atoms with van der Waals surface area (Å²) in [6.45, 7) is 0.998. The molecule has 8 N–H and O–H groups in total. The second-order valence-corrected chi connectivity index (χ2v) is 9.66. The van der Waals surface area contributed by atoms with E-state index in [2.05, 4.69) is 16.0 Å². The average molecular weight is 520 g/mol. The minimum absolute atomic E-state index is 0.0653. The van der Waals surface area contributed by atoms with Gasteiger partial charge in [0.25, 0.3) is 0 Å². The maximum atomic E-state index is 13.7. The highest BCUT2D eigenvalue weighted by Gasteiger charge is 2.39. The van der Waals surface area contributed by atoms with E-state index in [-0.39, 0.29) is 31.6 Å². The maximum absolute atomic E-state index is 13.7. The molecule has 0 aliphatic carbocycles. The van der Waals surface area contributed by atoms with Gasteiger partial charge in [0.05, 0.1) is 12.1 Å². The van der Waals surface area contributed by atoms with Gasteiger partial charge in [0.2, 0.25) is 17.7 Å². The van der Waals surface area contributed by atoms with Crippen molar-refractivity contribution in [3.63, 3.8) is 0 Å². The van der Waals surface area contributed by atoms with Crippen molar-refractivity contribution in [1.29, 1.82) is 0 Å². The van der Waals surface area contributed by atoms with Crippen molar-refractivity contribution < 1.29 is 34.5 Å². The number of rotatable bonds is 12. The Kier molecular flexibility index (Phi) is 10.2. The van der Waals surface area contributed by atoms with Crippen molar-refractivity contribution in [3.8, 4) is 5.75 Å². The Morgan fingerprint density at radius 3 is 2.41 bits per heavy atom. The van der Waals surface area contributed by atoms with Crippen LogP contribution in [0.1, 0.15) is 44.1 Å². The van der Waals surface area contributed by atoms with Crippen molar-refractivity contribution in [2.75, 3.05) is 19.6 Å². The molecule has 204 valence electrons. The van der Waals surface area contributed by atoms with E-state index in [0.29, 0.717) is 44.3 Å². The van der Waals surface area contributed by atoms with Gasteiger partial charge in [-0.05, 0) is 62.8 Å². The fraction of sp³-hybridized carbons (Fsp3) is 0.600. The molecule has 2 aliphatic heterocycles. The number of carboxylic acid groups (broad SMARTS) is 1. The molecule has 3 amide bonds. The highest BCUT2D eigenvalue weighted by Crippen LogP contribution is 2.21. The third kappa shape index (κ3) is 7.88. The zero-order valence-corrected chi connectivity index (χ0v) is 20.8. The van der Waals surface area contributed by atoms with Gasteiger partial charge < -0.3 is 41.9 Å². The number of phenolic OH excluding ortho intramolecular Hbond substituents is 1. The molecular formula is C25H37N5O7. The number of hydrogen-bond acceptors (Lipinski definition) is 8. The molecule has 12 heteroatoms. The largest absolute Gasteiger partial charge is 0.508 e. The Labute approximate surface area is 215 Å². The number of carbonyl (C=O) groups is 4. The molecular weight excluding hydrogens is 482 g/mol. The lowest BCUT2D eigenvalue weighted by molar-refractivity contribution is -0.145. The Bertz CT molecular complexity index is 957. The lowest BCUT2D eigenvalue weighted by Gasteiger charge is -2.30. The second-order valence-electron chi connectivity index (χ2n) is 9.66. The summed E-state index contributed by atoms with van der Waals surface area (Å²) in [5.74, 6) is -2.51. The number of carbonyl (C=O) groups excluding carboxylic acids is 3. The number of amides is 3. The molecule has 2 fully saturated rings. The minimum atomic E-state index is -1.15. The molecule has 12 nitrogen and oxygen atoms in total. The van der Waals surface area contributed by atoms with Crippen molar-refractivity contribution in [1.82, 2.24) is 20.9 Å². The Hall–Kier alpha value is -3.22. The molecule has 5 atom stereocenters. The van der Waals surface area contributed by atoms with Crippen LogP contribution in [0.2, 0.25) is 0 Å². The van der Waals surface area contributed by atoms with Gasteiger partial charge in [0.1, 0.15) is 23.9 Å². The number of nitrogens with one attached hydrogen (secondary N) is 3. The molecule has 2 heterocycles. The number of likely N-dealkylation sites (tertiary alicyclic amines) is 1. The SMILES string of the molecule is NCCCC[C@H](NC(=O)[C@@H]1CCCN1C(=O)[C@H](Cc1ccc(O)cc1)NC(=O)[C@@H]1C[C@@H](O)CN1)C(=O)O. The summed E-state index contributed by atoms with van der Waals surface area (Å²) >= 11 is 0. The van der Waals surface area contributed by atoms with Crippen LogP contribution >= 0.6 is 0 Å². The standard InChI is InChI=1S/C25H37N5O7/c26-10-2-1-4-18(25(36)37)28-23(34)21-5-3-11-30(21)24(35)20(12-15-6-8-16(31)9-7-15)29-22(33)19-13-17(32)14-27-19/h6-9,17-21,27,31-32H,1-5,10-14,26H2,(H,28,34)(H,29,33)(H,36,37)/t17-,18+,19+,20+,21+/m1/s1. The van der Waals surface area contributed by atoms with Crippen LogP contribution in [0.4, 0.5) is 0 Å². The molecule has 1 aromatic rings. The first kappa shape index (κ1) is 28.4. The van der Waals surface area contributed by atoms with Crippen LogP contribution in [0, 0.1) is 0 Å². The molecule has 3 rings (SSSR count). The van der Waals surface area contributed by atoms with Crippen LogP contribution in [0.15, 0.2) is 24.3 Å². The van der Waals surface area contributed by atoms with Gasteiger partial charge in [0.15, 0.2) is 0 Å². The smallest absolute Gasteiger partial charge is 0.326 e. The number of nitrogens with zero attached hydrogens (tertiary/aromatic N) is 1. The lowest BCUT2D eigenvalue weighted by Crippen LogP contribution is -2.57. The molecule has 37 heavy (non-hydrogen) atoms. The number of aliphatic hydroxyl groups excluding tert-OH is 1. The van der Waals surface area contributed by atoms with E-state index in [4.69, 9.17) is 5.73 Å². The van der Waals surface area contributed by atoms with Crippen LogP contribution in [0.25, 0.3) is 0 Å². The molecule has 0 radical (unpaired) electrons. The molecule has 0 spiro atoms. The van der Waals surface area contributed by atoms with Crippen LogP contribution in [0.3, 0.4) is 0 Å². The molecule has 1 aromatic carbocycles. The first-order valence-electron chi connectivity index (χ1n) is 12.7. The number of nitrogens with two attached hydrogens (primary N) is 1. The van der Waals surface area contributed by atoms with Gasteiger partial charge in [-0.2, -0.15) is 0 Å². The van der Waals surface area contributed by atoms with Gasteiger partial charge in [-0.3, -0.25) is 14.4 Å². The second kappa shape index (κ2) is 13.4. The summed E-state index contributed by atoms with van der Waals surface area (Å²) in [5.41, 5.74) is 6.17. The zero-order chi connectivity index (χ0) is 26.9. The van der Waals surface area contributed by atoms with Gasteiger partial charge in [-0.25, -0.2) is 4.79 Å². The van der Waals surface area contributed by atoms with Crippen LogP contribution < -0.4 is 21.7 Å². The van der Waals surface area contributed by atoms with Gasteiger partial charge in [-0.1, -0.05) is 12.1 Å². The fourth-order valence-electron chi connectivity index (χ4n) is 4.78. The number of aliphatic hydroxyl groups is 1. The molecule has 0 aromatic heterocycles. The summed E-state index contributed by atoms with van der Waals surface area (Å²) in [4.78, 5) is 52.6. The summed E-state index contributed by atoms with van der Waals surface area (Å²) in [6.07, 6.45) is 2.06. The highest BCUT2D eigenvalue weighted by atomic mass is 16.4. The molecule has 0 bridgehead atoms. The Morgan fingerprint density at radius 2 is 1.78 bits per heavy atom. The summed E-state index contributed by atoms with van der Waals surface area (Å²) in [5, 5.41) is 37.1. The van der Waals surface area contributed by atoms with E-state index in [1.807, 2.05) is 0 Å². The zero-order valence-electron chi connectivity index (χ0n) is 20.8. The topological polar surface area (TPSA) is 194 Å². The van der Waals surface area contributed by atoms with E-state index in [1.54, 1.807) is 12.1 Å². The van der Waals surface area contributed by atoms with Gasteiger partial charge in [-0.15, -0.1) is 0 Å². The monoisotopic (exact) mass is 519 g/mol. The summed E-state index contributed by atoms with van der Waals surface area (Å²) in [7, 11) is 0. The number of β-amino-alcohol motifs (C(OH)–C–C–N with tert-alkyl or cyclic N) is 1. The van der Waals surface area contributed by atoms with Crippen LogP contribution in [0.5, 0.6) is 5.75 Å². The normalized spacial score (nSPS) is 22.9. The minimum Gasteiger partial charge on any atom is -0.508 e. The highest BCUT2D eigenvalue weighted by molar-refractivity contribution is 5.94. The van der Waals surface area contributed by atoms with E-state index in [1.165, 1.54) is 17.0 Å². The third-order valence-corrected chi connectivity index (χ3v) is 6.81. The average Bonchev–Trinajstić information content (AvgIpc) is 3.53. The first-order valence-corrected chi connectivity index (χ1v) is 12.7. The van der Waals surface area contributed by atoms with E-state index < -0.39 is 54.0 Å². The number of aliphatic carboxylic acids is 1. The number of phenols is 1. The number of carboxylic acids is 1. The van der Waals surface area contributed by atoms with Crippen molar-refractivity contribution in [2.24, 2.45) is 5.73 Å². The van der Waals surface area contributed by atoms with Gasteiger partial charge in [0, 0.05) is 19.5 Å². The Morgan fingerprint density at radius 1 is 1.08 bits per heavy atom. The lowest BCUT2D eigenvalue weighted by atomic mass is 10.0. The predicted octanol–water partition coefficient (Wildman–Crippen LogP) is -1.17. The van der Waals surface area contributed by atoms with Crippen LogP contribution in [-0.4, -0.2) is 93.8 Å². The first-order chi connectivity index (χ1) is 17.7. The quantitative estimate of drug-likeness (QED) is 0.167. The summed E-state index contributed by atoms with van der Waals surface area (Å²) in [6, 6.07) is 2.68. The molecule has 2 saturated heterocycles. The van der Waals surface area contributed by atoms with E-state index in [0.717, 1.165) is 0 Å². The number of unbranched alkanes of at least 4 members (excludes halogenated alkanes) is 1. The summed E-state index contributed by atoms with van der Waals surface area (Å²) < 4.78 is 0. The van der Waals surface area contributed by atoms with Crippen molar-refractivity contribution in [3.05, 3.63) is 29.8 Å². The van der Waals surface area contributed by atoms with E-state index >= 15 is 0 Å². The van der Waals surface area contributed by atoms with E-state index in [9.17, 15) is 34.5 Å². The van der Waals surface area contributed by atoms with Crippen molar-refractivity contribution >= 4 is 23.7 Å². The predicted molar refractivity (Wildman–Crippen MR) is 133 cm³/mol. The number of benzene rings is 1. The third-order valence-electron chi connectivity index (χ3n) is 6.81. The maximum Gasteiger partial charge on any atom is 0.326 e. The Balaban J connectivity index is 1.73. The molecule has 2 aliphatic rings. The van der Waals surface area contributed by atoms with Crippen molar-refractivity contribution in [2.45, 2.75) is 75.2 Å². The fourth-order valence-corrected chi connectivity index (χ4v) is 4.78. The number of hydrogen-bond donors (Lipinski definition) is 7. The molecule has 0 unspecified atom stereocenters. The van der Waals surface area contributed by atoms with Gasteiger partial charge >= 0.3 is 5.97 Å².